The minimum Gasteiger partial charge on any atom is -0.465 e. The van der Waals surface area contributed by atoms with E-state index in [0.717, 1.165) is 16.7 Å². The molecule has 2 aliphatic rings. The normalized spacial score (nSPS) is 32.2. The summed E-state index contributed by atoms with van der Waals surface area (Å²) in [6.07, 6.45) is -4.04. The van der Waals surface area contributed by atoms with Crippen molar-refractivity contribution in [2.45, 2.75) is 75.6 Å². The summed E-state index contributed by atoms with van der Waals surface area (Å²) in [6.45, 7) is 12.7. The number of hydrogen-bond donors (Lipinski definition) is 3. The van der Waals surface area contributed by atoms with Crippen LogP contribution in [0.5, 0.6) is 0 Å². The molecule has 5 atom stereocenters. The smallest absolute Gasteiger partial charge is 0.413 e. The highest BCUT2D eigenvalue weighted by Gasteiger charge is 2.50. The molecule has 0 unspecified atom stereocenters. The quantitative estimate of drug-likeness (QED) is 0.612. The monoisotopic (exact) mass is 406 g/mol. The molecule has 1 saturated heterocycles. The molecule has 0 aliphatic carbocycles. The van der Waals surface area contributed by atoms with Crippen molar-refractivity contribution < 1.29 is 29.3 Å². The number of aliphatic imine (C=N–C) groups is 1. The van der Waals surface area contributed by atoms with Gasteiger partial charge in [0.25, 0.3) is 0 Å². The van der Waals surface area contributed by atoms with E-state index in [0.29, 0.717) is 0 Å². The Balaban J connectivity index is 2.07. The Morgan fingerprint density at radius 2 is 1.96 bits per heavy atom. The first-order chi connectivity index (χ1) is 11.9. The van der Waals surface area contributed by atoms with Crippen molar-refractivity contribution in [3.05, 3.63) is 0 Å². The van der Waals surface area contributed by atoms with E-state index in [1.807, 2.05) is 0 Å². The van der Waals surface area contributed by atoms with Crippen molar-refractivity contribution in [1.82, 2.24) is 4.90 Å². The molecule has 10 heteroatoms. The molecule has 0 radical (unpaired) electrons. The number of ether oxygens (including phenoxy) is 1. The molecule has 0 spiro atoms. The summed E-state index contributed by atoms with van der Waals surface area (Å²) in [5.74, 6) is 0. The zero-order valence-electron chi connectivity index (χ0n) is 16.2. The molecular formula is C16H30N2O6SSi. The third-order valence-corrected chi connectivity index (χ3v) is 11.0. The maximum atomic E-state index is 11.3. The Morgan fingerprint density at radius 1 is 1.35 bits per heavy atom. The predicted molar refractivity (Wildman–Crippen MR) is 103 cm³/mol. The first-order valence-electron chi connectivity index (χ1n) is 8.79. The number of aliphatic hydroxyl groups is 2. The SMILES string of the molecule is CCN(C(=O)O)C1=N[C@@H]2[C@@H](O)[C@H](O)[C@@H](CO[Si](C)(C)C(C)(C)C)O[C@@H]2S1. The lowest BCUT2D eigenvalue weighted by atomic mass is 9.99. The van der Waals surface area contributed by atoms with Crippen molar-refractivity contribution in [2.75, 3.05) is 13.2 Å². The molecule has 1 amide bonds. The number of fused-ring (bicyclic) bond motifs is 1. The molecule has 0 aromatic carbocycles. The highest BCUT2D eigenvalue weighted by molar-refractivity contribution is 8.14. The van der Waals surface area contributed by atoms with Gasteiger partial charge in [-0.05, 0) is 25.1 Å². The molecule has 3 N–H and O–H groups in total. The molecule has 8 nitrogen and oxygen atoms in total. The van der Waals surface area contributed by atoms with E-state index in [-0.39, 0.29) is 23.4 Å². The number of amidine groups is 1. The number of aliphatic hydroxyl groups excluding tert-OH is 2. The number of carbonyl (C=O) groups is 1. The molecule has 1 fully saturated rings. The predicted octanol–water partition coefficient (Wildman–Crippen LogP) is 1.93. The Bertz CT molecular complexity index is 567. The zero-order chi connectivity index (χ0) is 19.9. The average molecular weight is 407 g/mol. The minimum atomic E-state index is -2.02. The van der Waals surface area contributed by atoms with Gasteiger partial charge in [0.15, 0.2) is 13.5 Å². The van der Waals surface area contributed by atoms with Gasteiger partial charge in [-0.2, -0.15) is 0 Å². The summed E-state index contributed by atoms with van der Waals surface area (Å²) in [7, 11) is -2.02. The van der Waals surface area contributed by atoms with Gasteiger partial charge in [-0.1, -0.05) is 32.5 Å². The standard InChI is InChI=1S/C16H30N2O6SSi/c1-7-18(15(21)22)14-17-10-12(20)11(19)9(24-13(10)25-14)8-23-26(5,6)16(2,3)4/h9-13,19-20H,7-8H2,1-6H3,(H,21,22)/t9-,10-,11-,12-,13-/m1/s1. The van der Waals surface area contributed by atoms with Crippen LogP contribution < -0.4 is 0 Å². The Hall–Kier alpha value is -0.653. The van der Waals surface area contributed by atoms with Gasteiger partial charge >= 0.3 is 6.09 Å². The van der Waals surface area contributed by atoms with Gasteiger partial charge < -0.3 is 24.5 Å². The van der Waals surface area contributed by atoms with Crippen LogP contribution in [-0.2, 0) is 9.16 Å². The summed E-state index contributed by atoms with van der Waals surface area (Å²) in [5, 5.41) is 30.4. The van der Waals surface area contributed by atoms with Crippen molar-refractivity contribution in [3.63, 3.8) is 0 Å². The van der Waals surface area contributed by atoms with Gasteiger partial charge in [0.05, 0.1) is 6.61 Å². The van der Waals surface area contributed by atoms with Crippen molar-refractivity contribution >= 4 is 31.3 Å². The second-order valence-corrected chi connectivity index (χ2v) is 14.0. The summed E-state index contributed by atoms with van der Waals surface area (Å²) in [5.41, 5.74) is -0.537. The van der Waals surface area contributed by atoms with E-state index in [9.17, 15) is 20.1 Å². The lowest BCUT2D eigenvalue weighted by Gasteiger charge is -2.41. The molecule has 0 saturated carbocycles. The second-order valence-electron chi connectivity index (χ2n) is 8.14. The van der Waals surface area contributed by atoms with E-state index < -0.39 is 44.2 Å². The van der Waals surface area contributed by atoms with Crippen LogP contribution in [0.15, 0.2) is 4.99 Å². The number of amides is 1. The Morgan fingerprint density at radius 3 is 2.46 bits per heavy atom. The number of hydrogen-bond acceptors (Lipinski definition) is 7. The average Bonchev–Trinajstić information content (AvgIpc) is 2.92. The van der Waals surface area contributed by atoms with Crippen LogP contribution in [0.3, 0.4) is 0 Å². The van der Waals surface area contributed by atoms with E-state index in [4.69, 9.17) is 9.16 Å². The van der Waals surface area contributed by atoms with Crippen molar-refractivity contribution in [1.29, 1.82) is 0 Å². The van der Waals surface area contributed by atoms with Crippen LogP contribution in [0, 0.1) is 0 Å². The zero-order valence-corrected chi connectivity index (χ0v) is 18.0. The molecular weight excluding hydrogens is 376 g/mol. The largest absolute Gasteiger partial charge is 0.465 e. The van der Waals surface area contributed by atoms with Crippen LogP contribution in [0.25, 0.3) is 0 Å². The van der Waals surface area contributed by atoms with Gasteiger partial charge in [0.2, 0.25) is 0 Å². The molecule has 0 aromatic heterocycles. The van der Waals surface area contributed by atoms with Crippen LogP contribution >= 0.6 is 11.8 Å². The molecule has 0 bridgehead atoms. The topological polar surface area (TPSA) is 112 Å². The second kappa shape index (κ2) is 7.76. The number of carboxylic acid groups (broad SMARTS) is 1. The first-order valence-corrected chi connectivity index (χ1v) is 12.6. The summed E-state index contributed by atoms with van der Waals surface area (Å²) in [6, 6.07) is -0.692. The fourth-order valence-electron chi connectivity index (χ4n) is 2.54. The van der Waals surface area contributed by atoms with Crippen molar-refractivity contribution in [2.24, 2.45) is 4.99 Å². The van der Waals surface area contributed by atoms with Gasteiger partial charge in [-0.15, -0.1) is 0 Å². The molecule has 0 aromatic rings. The third-order valence-electron chi connectivity index (χ3n) is 5.34. The first kappa shape index (κ1) is 21.6. The number of rotatable bonds is 4. The van der Waals surface area contributed by atoms with Gasteiger partial charge in [0, 0.05) is 6.54 Å². The summed E-state index contributed by atoms with van der Waals surface area (Å²) in [4.78, 5) is 16.7. The van der Waals surface area contributed by atoms with Gasteiger partial charge in [-0.25, -0.2) is 4.79 Å². The maximum absolute atomic E-state index is 11.3. The minimum absolute atomic E-state index is 0.0231. The lowest BCUT2D eigenvalue weighted by molar-refractivity contribution is -0.162. The van der Waals surface area contributed by atoms with E-state index in [1.54, 1.807) is 6.92 Å². The number of thioether (sulfide) groups is 1. The van der Waals surface area contributed by atoms with Crippen LogP contribution in [0.1, 0.15) is 27.7 Å². The lowest BCUT2D eigenvalue weighted by Crippen LogP contribution is -2.57. The molecule has 150 valence electrons. The highest BCUT2D eigenvalue weighted by Crippen LogP contribution is 2.40. The van der Waals surface area contributed by atoms with E-state index in [1.165, 1.54) is 0 Å². The maximum Gasteiger partial charge on any atom is 0.413 e. The molecule has 2 heterocycles. The molecule has 26 heavy (non-hydrogen) atoms. The van der Waals surface area contributed by atoms with Gasteiger partial charge in [0.1, 0.15) is 29.8 Å². The number of nitrogens with zero attached hydrogens (tertiary/aromatic N) is 2. The van der Waals surface area contributed by atoms with Crippen LogP contribution in [0.2, 0.25) is 18.1 Å². The third kappa shape index (κ3) is 4.25. The van der Waals surface area contributed by atoms with Crippen LogP contribution in [-0.4, -0.2) is 82.7 Å². The summed E-state index contributed by atoms with van der Waals surface area (Å²) >= 11 is 1.16. The van der Waals surface area contributed by atoms with E-state index >= 15 is 0 Å². The Kier molecular flexibility index (Phi) is 6.46. The summed E-state index contributed by atoms with van der Waals surface area (Å²) < 4.78 is 12.0. The fourth-order valence-corrected chi connectivity index (χ4v) is 4.84. The molecule has 2 rings (SSSR count). The highest BCUT2D eigenvalue weighted by atomic mass is 32.2. The Labute approximate surface area is 159 Å². The molecule has 2 aliphatic heterocycles. The van der Waals surface area contributed by atoms with Crippen LogP contribution in [0.4, 0.5) is 4.79 Å². The van der Waals surface area contributed by atoms with Gasteiger partial charge in [-0.3, -0.25) is 9.89 Å². The fraction of sp³-hybridized carbons (Fsp3) is 0.875. The van der Waals surface area contributed by atoms with Crippen molar-refractivity contribution in [3.8, 4) is 0 Å². The van der Waals surface area contributed by atoms with E-state index in [2.05, 4.69) is 38.9 Å².